The first-order chi connectivity index (χ1) is 9.31. The molecule has 1 unspecified atom stereocenters. The second-order valence-corrected chi connectivity index (χ2v) is 5.64. The van der Waals surface area contributed by atoms with Gasteiger partial charge in [-0.05, 0) is 36.8 Å². The molecule has 3 heteroatoms. The zero-order chi connectivity index (χ0) is 12.8. The Balaban J connectivity index is 1.77. The Bertz CT molecular complexity index is 632. The summed E-state index contributed by atoms with van der Waals surface area (Å²) in [6.07, 6.45) is 4.72. The van der Waals surface area contributed by atoms with Crippen LogP contribution >= 0.6 is 0 Å². The van der Waals surface area contributed by atoms with Crippen LogP contribution in [-0.4, -0.2) is 9.97 Å². The lowest BCUT2D eigenvalue weighted by molar-refractivity contribution is 0.720. The van der Waals surface area contributed by atoms with Crippen molar-refractivity contribution in [3.63, 3.8) is 0 Å². The Morgan fingerprint density at radius 3 is 2.74 bits per heavy atom. The van der Waals surface area contributed by atoms with E-state index in [9.17, 15) is 0 Å². The van der Waals surface area contributed by atoms with Crippen molar-refractivity contribution in [3.8, 4) is 0 Å². The number of aryl methyl sites for hydroxylation is 1. The summed E-state index contributed by atoms with van der Waals surface area (Å²) >= 11 is 0. The third-order valence-corrected chi connectivity index (χ3v) is 4.22. The molecule has 1 atom stereocenters. The summed E-state index contributed by atoms with van der Waals surface area (Å²) in [5.74, 6) is 2.50. The molecule has 0 aliphatic heterocycles. The van der Waals surface area contributed by atoms with Gasteiger partial charge in [-0.3, -0.25) is 0 Å². The highest BCUT2D eigenvalue weighted by atomic mass is 15.0. The van der Waals surface area contributed by atoms with E-state index in [1.54, 1.807) is 0 Å². The van der Waals surface area contributed by atoms with Crippen LogP contribution in [0.1, 0.15) is 53.7 Å². The molecule has 2 N–H and O–H groups in total. The molecule has 0 saturated heterocycles. The second-order valence-electron chi connectivity index (χ2n) is 5.64. The predicted octanol–water partition coefficient (Wildman–Crippen LogP) is 3.01. The van der Waals surface area contributed by atoms with Gasteiger partial charge in [0.05, 0.1) is 0 Å². The molecule has 96 valence electrons. The Kier molecular flexibility index (Phi) is 2.34. The number of hydrogen-bond donors (Lipinski definition) is 1. The monoisotopic (exact) mass is 251 g/mol. The third kappa shape index (κ3) is 1.89. The molecule has 2 aromatic rings. The second kappa shape index (κ2) is 4.05. The van der Waals surface area contributed by atoms with Crippen LogP contribution in [0.5, 0.6) is 0 Å². The maximum absolute atomic E-state index is 5.96. The number of nitrogens with zero attached hydrogens (tertiary/aromatic N) is 2. The topological polar surface area (TPSA) is 51.8 Å². The number of fused-ring (bicyclic) bond motifs is 1. The van der Waals surface area contributed by atoms with E-state index >= 15 is 0 Å². The first-order valence-electron chi connectivity index (χ1n) is 7.03. The largest absolute Gasteiger partial charge is 0.384 e. The summed E-state index contributed by atoms with van der Waals surface area (Å²) in [6, 6.07) is 10.6. The molecule has 0 amide bonds. The van der Waals surface area contributed by atoms with Crippen LogP contribution in [0, 0.1) is 0 Å². The number of hydrogen-bond acceptors (Lipinski definition) is 3. The van der Waals surface area contributed by atoms with Crippen molar-refractivity contribution in [3.05, 3.63) is 53.0 Å². The van der Waals surface area contributed by atoms with Crippen molar-refractivity contribution in [1.82, 2.24) is 9.97 Å². The first-order valence-corrected chi connectivity index (χ1v) is 7.03. The third-order valence-electron chi connectivity index (χ3n) is 4.22. The van der Waals surface area contributed by atoms with Gasteiger partial charge in [0.25, 0.3) is 0 Å². The Hall–Kier alpha value is -1.90. The normalized spacial score (nSPS) is 21.4. The summed E-state index contributed by atoms with van der Waals surface area (Å²) in [5, 5.41) is 0. The van der Waals surface area contributed by atoms with Crippen LogP contribution in [0.4, 0.5) is 5.82 Å². The van der Waals surface area contributed by atoms with Crippen molar-refractivity contribution in [1.29, 1.82) is 0 Å². The zero-order valence-electron chi connectivity index (χ0n) is 10.8. The molecular formula is C16H17N3. The SMILES string of the molecule is Nc1cc(C2CC2)nc(C2CCc3ccccc32)n1. The minimum atomic E-state index is 0.331. The van der Waals surface area contributed by atoms with Gasteiger partial charge in [-0.15, -0.1) is 0 Å². The first kappa shape index (κ1) is 11.0. The number of nitrogen functional groups attached to an aromatic ring is 1. The highest BCUT2D eigenvalue weighted by Gasteiger charge is 2.29. The Morgan fingerprint density at radius 2 is 1.89 bits per heavy atom. The molecule has 0 spiro atoms. The number of rotatable bonds is 2. The van der Waals surface area contributed by atoms with Gasteiger partial charge in [-0.1, -0.05) is 24.3 Å². The van der Waals surface area contributed by atoms with E-state index in [1.807, 2.05) is 6.07 Å². The van der Waals surface area contributed by atoms with Crippen molar-refractivity contribution in [2.24, 2.45) is 0 Å². The van der Waals surface area contributed by atoms with Crippen LogP contribution in [0.2, 0.25) is 0 Å². The van der Waals surface area contributed by atoms with E-state index in [1.165, 1.54) is 24.0 Å². The molecule has 1 aromatic carbocycles. The molecule has 1 aromatic heterocycles. The lowest BCUT2D eigenvalue weighted by atomic mass is 10.0. The van der Waals surface area contributed by atoms with Crippen LogP contribution in [0.25, 0.3) is 0 Å². The smallest absolute Gasteiger partial charge is 0.138 e. The highest BCUT2D eigenvalue weighted by molar-refractivity contribution is 5.41. The fourth-order valence-electron chi connectivity index (χ4n) is 3.08. The van der Waals surface area contributed by atoms with Crippen LogP contribution in [-0.2, 0) is 6.42 Å². The van der Waals surface area contributed by atoms with Gasteiger partial charge in [-0.25, -0.2) is 9.97 Å². The average Bonchev–Trinajstić information content (AvgIpc) is 3.18. The van der Waals surface area contributed by atoms with Gasteiger partial charge in [0.2, 0.25) is 0 Å². The minimum Gasteiger partial charge on any atom is -0.384 e. The van der Waals surface area contributed by atoms with Gasteiger partial charge >= 0.3 is 0 Å². The minimum absolute atomic E-state index is 0.331. The summed E-state index contributed by atoms with van der Waals surface area (Å²) in [6.45, 7) is 0. The number of nitrogens with two attached hydrogens (primary N) is 1. The van der Waals surface area contributed by atoms with Crippen molar-refractivity contribution >= 4 is 5.82 Å². The molecule has 19 heavy (non-hydrogen) atoms. The van der Waals surface area contributed by atoms with Gasteiger partial charge in [-0.2, -0.15) is 0 Å². The standard InChI is InChI=1S/C16H17N3/c17-15-9-14(11-5-6-11)18-16(19-15)13-8-7-10-3-1-2-4-12(10)13/h1-4,9,11,13H,5-8H2,(H2,17,18,19). The molecular weight excluding hydrogens is 234 g/mol. The lowest BCUT2D eigenvalue weighted by Crippen LogP contribution is -2.07. The molecule has 3 nitrogen and oxygen atoms in total. The van der Waals surface area contributed by atoms with Gasteiger partial charge < -0.3 is 5.73 Å². The van der Waals surface area contributed by atoms with E-state index in [0.717, 1.165) is 24.4 Å². The average molecular weight is 251 g/mol. The van der Waals surface area contributed by atoms with Gasteiger partial charge in [0.1, 0.15) is 11.6 Å². The summed E-state index contributed by atoms with van der Waals surface area (Å²) in [7, 11) is 0. The summed E-state index contributed by atoms with van der Waals surface area (Å²) in [5.41, 5.74) is 9.93. The molecule has 0 radical (unpaired) electrons. The lowest BCUT2D eigenvalue weighted by Gasteiger charge is -2.12. The van der Waals surface area contributed by atoms with Crippen LogP contribution in [0.15, 0.2) is 30.3 Å². The van der Waals surface area contributed by atoms with Crippen molar-refractivity contribution in [2.45, 2.75) is 37.5 Å². The number of anilines is 1. The molecule has 1 fully saturated rings. The maximum atomic E-state index is 5.96. The van der Waals surface area contributed by atoms with Crippen molar-refractivity contribution < 1.29 is 0 Å². The van der Waals surface area contributed by atoms with E-state index in [4.69, 9.17) is 10.7 Å². The highest BCUT2D eigenvalue weighted by Crippen LogP contribution is 2.41. The van der Waals surface area contributed by atoms with Crippen molar-refractivity contribution in [2.75, 3.05) is 5.73 Å². The van der Waals surface area contributed by atoms with E-state index in [0.29, 0.717) is 17.7 Å². The predicted molar refractivity (Wildman–Crippen MR) is 75.0 cm³/mol. The zero-order valence-corrected chi connectivity index (χ0v) is 10.8. The number of benzene rings is 1. The molecule has 0 bridgehead atoms. The Morgan fingerprint density at radius 1 is 1.05 bits per heavy atom. The van der Waals surface area contributed by atoms with Gasteiger partial charge in [0, 0.05) is 23.6 Å². The molecule has 2 aliphatic rings. The summed E-state index contributed by atoms with van der Waals surface area (Å²) < 4.78 is 0. The van der Waals surface area contributed by atoms with E-state index in [2.05, 4.69) is 29.2 Å². The van der Waals surface area contributed by atoms with Crippen LogP contribution in [0.3, 0.4) is 0 Å². The fraction of sp³-hybridized carbons (Fsp3) is 0.375. The molecule has 1 saturated carbocycles. The number of aromatic nitrogens is 2. The molecule has 4 rings (SSSR count). The maximum Gasteiger partial charge on any atom is 0.138 e. The van der Waals surface area contributed by atoms with E-state index in [-0.39, 0.29) is 0 Å². The summed E-state index contributed by atoms with van der Waals surface area (Å²) in [4.78, 5) is 9.28. The van der Waals surface area contributed by atoms with E-state index < -0.39 is 0 Å². The fourth-order valence-corrected chi connectivity index (χ4v) is 3.08. The molecule has 1 heterocycles. The van der Waals surface area contributed by atoms with Gasteiger partial charge in [0.15, 0.2) is 0 Å². The van der Waals surface area contributed by atoms with Crippen LogP contribution < -0.4 is 5.73 Å². The molecule has 2 aliphatic carbocycles. The quantitative estimate of drug-likeness (QED) is 0.892. The Labute approximate surface area is 112 Å².